The van der Waals surface area contributed by atoms with Gasteiger partial charge in [-0.05, 0) is 60.7 Å². The van der Waals surface area contributed by atoms with Crippen molar-refractivity contribution < 1.29 is 18.0 Å². The van der Waals surface area contributed by atoms with Gasteiger partial charge < -0.3 is 10.2 Å². The van der Waals surface area contributed by atoms with E-state index < -0.39 is 16.1 Å². The van der Waals surface area contributed by atoms with E-state index in [0.29, 0.717) is 25.1 Å². The number of hydrogen-bond acceptors (Lipinski definition) is 4. The molecule has 0 aliphatic carbocycles. The highest BCUT2D eigenvalue weighted by atomic mass is 79.9. The molecular formula is C32H40BrN3O4S. The van der Waals surface area contributed by atoms with E-state index in [1.807, 2.05) is 79.7 Å². The molecule has 0 aliphatic heterocycles. The van der Waals surface area contributed by atoms with Gasteiger partial charge in [0.2, 0.25) is 21.8 Å². The Kier molecular flexibility index (Phi) is 12.4. The van der Waals surface area contributed by atoms with E-state index in [0.717, 1.165) is 34.0 Å². The van der Waals surface area contributed by atoms with Crippen LogP contribution in [-0.2, 0) is 32.6 Å². The van der Waals surface area contributed by atoms with Crippen LogP contribution in [0.1, 0.15) is 49.3 Å². The first-order valence-electron chi connectivity index (χ1n) is 14.0. The minimum absolute atomic E-state index is 0.0966. The molecule has 3 aromatic carbocycles. The number of amides is 2. The number of nitrogens with zero attached hydrogens (tertiary/aromatic N) is 2. The second-order valence-corrected chi connectivity index (χ2v) is 13.1. The number of aryl methyl sites for hydroxylation is 1. The fraction of sp³-hybridized carbons (Fsp3) is 0.375. The Morgan fingerprint density at radius 2 is 1.63 bits per heavy atom. The number of unbranched alkanes of at least 4 members (excludes halogenated alkanes) is 1. The molecule has 0 radical (unpaired) electrons. The summed E-state index contributed by atoms with van der Waals surface area (Å²) in [4.78, 5) is 29.1. The Morgan fingerprint density at radius 3 is 2.29 bits per heavy atom. The van der Waals surface area contributed by atoms with Crippen LogP contribution in [0.4, 0.5) is 5.69 Å². The zero-order valence-corrected chi connectivity index (χ0v) is 26.5. The number of carbonyl (C=O) groups is 2. The molecule has 220 valence electrons. The second-order valence-electron chi connectivity index (χ2n) is 10.3. The summed E-state index contributed by atoms with van der Waals surface area (Å²) in [6.45, 7) is 4.92. The predicted octanol–water partition coefficient (Wildman–Crippen LogP) is 5.86. The summed E-state index contributed by atoms with van der Waals surface area (Å²) in [5.74, 6) is -0.391. The highest BCUT2D eigenvalue weighted by Gasteiger charge is 2.30. The Morgan fingerprint density at radius 1 is 0.927 bits per heavy atom. The summed E-state index contributed by atoms with van der Waals surface area (Å²) in [5.41, 5.74) is 3.37. The van der Waals surface area contributed by atoms with Crippen LogP contribution in [-0.4, -0.2) is 50.5 Å². The standard InChI is InChI=1S/C32H40BrN3O4S/c1-4-5-19-34-32(38)30(23-26-13-7-6-8-14-26)35(24-27-15-10-16-28(33)22-27)31(37)18-11-20-36(41(3,39)40)29-17-9-12-25(2)21-29/h6-10,12-17,21-22,30H,4-5,11,18-20,23-24H2,1-3H3,(H,34,38). The largest absolute Gasteiger partial charge is 0.354 e. The van der Waals surface area contributed by atoms with Crippen molar-refractivity contribution in [2.75, 3.05) is 23.7 Å². The van der Waals surface area contributed by atoms with Gasteiger partial charge in [-0.2, -0.15) is 0 Å². The summed E-state index contributed by atoms with van der Waals surface area (Å²) in [6.07, 6.45) is 3.75. The van der Waals surface area contributed by atoms with Gasteiger partial charge in [0, 0.05) is 36.9 Å². The maximum atomic E-state index is 13.9. The van der Waals surface area contributed by atoms with Crippen molar-refractivity contribution in [1.82, 2.24) is 10.2 Å². The minimum atomic E-state index is -3.55. The first-order valence-corrected chi connectivity index (χ1v) is 16.6. The predicted molar refractivity (Wildman–Crippen MR) is 169 cm³/mol. The molecule has 0 bridgehead atoms. The SMILES string of the molecule is CCCCNC(=O)C(Cc1ccccc1)N(Cc1cccc(Br)c1)C(=O)CCCN(c1cccc(C)c1)S(C)(=O)=O. The lowest BCUT2D eigenvalue weighted by Gasteiger charge is -2.32. The van der Waals surface area contributed by atoms with E-state index in [9.17, 15) is 18.0 Å². The first-order chi connectivity index (χ1) is 19.6. The lowest BCUT2D eigenvalue weighted by atomic mass is 10.0. The molecule has 7 nitrogen and oxygen atoms in total. The van der Waals surface area contributed by atoms with Crippen molar-refractivity contribution in [3.8, 4) is 0 Å². The zero-order valence-electron chi connectivity index (χ0n) is 24.1. The maximum Gasteiger partial charge on any atom is 0.243 e. The normalized spacial score (nSPS) is 12.0. The molecule has 0 spiro atoms. The van der Waals surface area contributed by atoms with Crippen LogP contribution in [0.3, 0.4) is 0 Å². The van der Waals surface area contributed by atoms with Gasteiger partial charge in [-0.3, -0.25) is 13.9 Å². The van der Waals surface area contributed by atoms with Gasteiger partial charge in [-0.15, -0.1) is 0 Å². The third-order valence-electron chi connectivity index (χ3n) is 6.78. The number of hydrogen-bond donors (Lipinski definition) is 1. The Bertz CT molecular complexity index is 1400. The molecule has 1 atom stereocenters. The van der Waals surface area contributed by atoms with Gasteiger partial charge in [-0.25, -0.2) is 8.42 Å². The van der Waals surface area contributed by atoms with E-state index in [1.165, 1.54) is 10.6 Å². The van der Waals surface area contributed by atoms with Crippen LogP contribution in [0.2, 0.25) is 0 Å². The third kappa shape index (κ3) is 10.3. The average molecular weight is 643 g/mol. The van der Waals surface area contributed by atoms with E-state index in [2.05, 4.69) is 28.2 Å². The zero-order chi connectivity index (χ0) is 29.8. The van der Waals surface area contributed by atoms with Crippen molar-refractivity contribution in [2.45, 2.75) is 58.5 Å². The summed E-state index contributed by atoms with van der Waals surface area (Å²) < 4.78 is 27.5. The van der Waals surface area contributed by atoms with Crippen molar-refractivity contribution in [1.29, 1.82) is 0 Å². The van der Waals surface area contributed by atoms with Gasteiger partial charge in [0.25, 0.3) is 0 Å². The molecule has 2 amide bonds. The number of carbonyl (C=O) groups excluding carboxylic acids is 2. The number of nitrogens with one attached hydrogen (secondary N) is 1. The smallest absolute Gasteiger partial charge is 0.243 e. The minimum Gasteiger partial charge on any atom is -0.354 e. The number of sulfonamides is 1. The van der Waals surface area contributed by atoms with E-state index in [-0.39, 0.29) is 31.3 Å². The van der Waals surface area contributed by atoms with Crippen LogP contribution in [0.15, 0.2) is 83.3 Å². The van der Waals surface area contributed by atoms with Crippen molar-refractivity contribution in [3.05, 3.63) is 100 Å². The summed E-state index contributed by atoms with van der Waals surface area (Å²) in [5, 5.41) is 3.03. The molecular weight excluding hydrogens is 602 g/mol. The molecule has 0 aliphatic rings. The van der Waals surface area contributed by atoms with Gasteiger partial charge in [0.1, 0.15) is 6.04 Å². The molecule has 1 N–H and O–H groups in total. The highest BCUT2D eigenvalue weighted by molar-refractivity contribution is 9.10. The number of benzene rings is 3. The average Bonchev–Trinajstić information content (AvgIpc) is 2.93. The van der Waals surface area contributed by atoms with Crippen molar-refractivity contribution in [2.24, 2.45) is 0 Å². The Labute approximate surface area is 253 Å². The Hall–Kier alpha value is -3.17. The molecule has 41 heavy (non-hydrogen) atoms. The second kappa shape index (κ2) is 15.7. The third-order valence-corrected chi connectivity index (χ3v) is 8.47. The quantitative estimate of drug-likeness (QED) is 0.211. The van der Waals surface area contributed by atoms with Gasteiger partial charge in [-0.1, -0.05) is 83.9 Å². The molecule has 9 heteroatoms. The molecule has 0 heterocycles. The maximum absolute atomic E-state index is 13.9. The van der Waals surface area contributed by atoms with Crippen LogP contribution >= 0.6 is 15.9 Å². The summed E-state index contributed by atoms with van der Waals surface area (Å²) in [7, 11) is -3.55. The Balaban J connectivity index is 1.87. The molecule has 0 saturated heterocycles. The number of anilines is 1. The van der Waals surface area contributed by atoms with Crippen molar-refractivity contribution in [3.63, 3.8) is 0 Å². The molecule has 3 rings (SSSR count). The lowest BCUT2D eigenvalue weighted by molar-refractivity contribution is -0.141. The lowest BCUT2D eigenvalue weighted by Crippen LogP contribution is -2.50. The highest BCUT2D eigenvalue weighted by Crippen LogP contribution is 2.22. The monoisotopic (exact) mass is 641 g/mol. The molecule has 3 aromatic rings. The molecule has 0 saturated carbocycles. The number of halogens is 1. The molecule has 0 fully saturated rings. The van der Waals surface area contributed by atoms with Crippen LogP contribution in [0, 0.1) is 6.92 Å². The van der Waals surface area contributed by atoms with Gasteiger partial charge in [0.15, 0.2) is 0 Å². The van der Waals surface area contributed by atoms with E-state index >= 15 is 0 Å². The van der Waals surface area contributed by atoms with Crippen LogP contribution < -0.4 is 9.62 Å². The van der Waals surface area contributed by atoms with E-state index in [4.69, 9.17) is 0 Å². The van der Waals surface area contributed by atoms with Gasteiger partial charge >= 0.3 is 0 Å². The van der Waals surface area contributed by atoms with Crippen LogP contribution in [0.5, 0.6) is 0 Å². The fourth-order valence-corrected chi connectivity index (χ4v) is 6.08. The van der Waals surface area contributed by atoms with Gasteiger partial charge in [0.05, 0.1) is 11.9 Å². The summed E-state index contributed by atoms with van der Waals surface area (Å²) >= 11 is 3.51. The van der Waals surface area contributed by atoms with Crippen molar-refractivity contribution >= 4 is 43.5 Å². The first kappa shape index (κ1) is 32.3. The topological polar surface area (TPSA) is 86.8 Å². The van der Waals surface area contributed by atoms with E-state index in [1.54, 1.807) is 11.0 Å². The fourth-order valence-electron chi connectivity index (χ4n) is 4.68. The van der Waals surface area contributed by atoms with Crippen LogP contribution in [0.25, 0.3) is 0 Å². The number of rotatable bonds is 15. The molecule has 1 unspecified atom stereocenters. The molecule has 0 aromatic heterocycles. The summed E-state index contributed by atoms with van der Waals surface area (Å²) in [6, 6.07) is 24.0.